The molecule has 0 aliphatic rings. The number of benzene rings is 1. The summed E-state index contributed by atoms with van der Waals surface area (Å²) in [6, 6.07) is 5.58. The summed E-state index contributed by atoms with van der Waals surface area (Å²) in [5.74, 6) is 3.77. The highest BCUT2D eigenvalue weighted by Crippen LogP contribution is 2.23. The second-order valence-electron chi connectivity index (χ2n) is 3.47. The van der Waals surface area contributed by atoms with Crippen LogP contribution in [0.1, 0.15) is 18.9 Å². The molecule has 0 aliphatic heterocycles. The fraction of sp³-hybridized carbons (Fsp3) is 0.385. The van der Waals surface area contributed by atoms with Crippen molar-refractivity contribution in [2.24, 2.45) is 0 Å². The molecule has 1 aromatic rings. The van der Waals surface area contributed by atoms with Gasteiger partial charge in [0.1, 0.15) is 18.1 Å². The third-order valence-electron chi connectivity index (χ3n) is 2.12. The molecule has 0 bridgehead atoms. The molecule has 0 aromatic heterocycles. The van der Waals surface area contributed by atoms with Crippen LogP contribution in [0, 0.1) is 19.3 Å². The molecular weight excluding hydrogens is 220 g/mol. The first-order chi connectivity index (χ1) is 7.69. The Morgan fingerprint density at radius 3 is 2.88 bits per heavy atom. The van der Waals surface area contributed by atoms with Crippen molar-refractivity contribution in [1.29, 1.82) is 0 Å². The molecule has 86 valence electrons. The Labute approximate surface area is 100 Å². The van der Waals surface area contributed by atoms with E-state index in [0.717, 1.165) is 16.9 Å². The topological polar surface area (TPSA) is 32.3 Å². The van der Waals surface area contributed by atoms with Crippen molar-refractivity contribution in [3.8, 4) is 18.1 Å². The molecule has 0 aliphatic carbocycles. The van der Waals surface area contributed by atoms with Gasteiger partial charge in [0.05, 0.1) is 0 Å². The van der Waals surface area contributed by atoms with Gasteiger partial charge in [-0.1, -0.05) is 18.9 Å². The Morgan fingerprint density at radius 1 is 1.50 bits per heavy atom. The summed E-state index contributed by atoms with van der Waals surface area (Å²) in [4.78, 5) is 0.844. The zero-order valence-electron chi connectivity index (χ0n) is 9.66. The molecule has 0 spiro atoms. The number of terminal acetylenes is 1. The predicted molar refractivity (Wildman–Crippen MR) is 67.1 cm³/mol. The maximum Gasteiger partial charge on any atom is 0.159 e. The molecule has 2 nitrogen and oxygen atoms in total. The van der Waals surface area contributed by atoms with E-state index in [9.17, 15) is 4.55 Å². The van der Waals surface area contributed by atoms with Gasteiger partial charge in [0.2, 0.25) is 0 Å². The fourth-order valence-electron chi connectivity index (χ4n) is 1.34. The normalized spacial score (nSPS) is 11.9. The minimum atomic E-state index is -0.942. The van der Waals surface area contributed by atoms with Crippen molar-refractivity contribution in [1.82, 2.24) is 0 Å². The molecule has 0 saturated heterocycles. The van der Waals surface area contributed by atoms with E-state index in [1.165, 1.54) is 0 Å². The van der Waals surface area contributed by atoms with Gasteiger partial charge in [0.25, 0.3) is 0 Å². The van der Waals surface area contributed by atoms with Gasteiger partial charge >= 0.3 is 0 Å². The molecule has 16 heavy (non-hydrogen) atoms. The average Bonchev–Trinajstić information content (AvgIpc) is 2.28. The van der Waals surface area contributed by atoms with E-state index in [1.807, 2.05) is 32.0 Å². The Balaban J connectivity index is 2.86. The first-order valence-electron chi connectivity index (χ1n) is 5.24. The lowest BCUT2D eigenvalue weighted by molar-refractivity contribution is 0.369. The van der Waals surface area contributed by atoms with E-state index >= 15 is 0 Å². The van der Waals surface area contributed by atoms with Gasteiger partial charge < -0.3 is 9.29 Å². The quantitative estimate of drug-likeness (QED) is 0.581. The summed E-state index contributed by atoms with van der Waals surface area (Å²) in [7, 11) is 0. The molecule has 3 heteroatoms. The average molecular weight is 236 g/mol. The Morgan fingerprint density at radius 2 is 2.25 bits per heavy atom. The number of ether oxygens (including phenoxy) is 1. The molecule has 0 N–H and O–H groups in total. The van der Waals surface area contributed by atoms with E-state index in [2.05, 4.69) is 5.92 Å². The maximum absolute atomic E-state index is 11.9. The first-order valence-corrected chi connectivity index (χ1v) is 6.56. The lowest BCUT2D eigenvalue weighted by atomic mass is 10.2. The summed E-state index contributed by atoms with van der Waals surface area (Å²) in [5, 5.41) is 0. The zero-order valence-corrected chi connectivity index (χ0v) is 10.5. The van der Waals surface area contributed by atoms with Gasteiger partial charge in [-0.15, -0.1) is 6.42 Å². The van der Waals surface area contributed by atoms with Gasteiger partial charge in [-0.3, -0.25) is 0 Å². The third-order valence-corrected chi connectivity index (χ3v) is 3.83. The molecule has 1 atom stereocenters. The predicted octanol–water partition coefficient (Wildman–Crippen LogP) is 2.52. The van der Waals surface area contributed by atoms with E-state index in [1.54, 1.807) is 0 Å². The van der Waals surface area contributed by atoms with Crippen LogP contribution < -0.4 is 4.74 Å². The monoisotopic (exact) mass is 236 g/mol. The van der Waals surface area contributed by atoms with Gasteiger partial charge in [0.15, 0.2) is 4.90 Å². The van der Waals surface area contributed by atoms with Crippen LogP contribution in [0.2, 0.25) is 0 Å². The molecule has 0 fully saturated rings. The summed E-state index contributed by atoms with van der Waals surface area (Å²) in [5.41, 5.74) is 1.03. The first kappa shape index (κ1) is 13.0. The fourth-order valence-corrected chi connectivity index (χ4v) is 2.60. The highest BCUT2D eigenvalue weighted by molar-refractivity contribution is 7.91. The lowest BCUT2D eigenvalue weighted by Crippen LogP contribution is -2.08. The van der Waals surface area contributed by atoms with Crippen molar-refractivity contribution >= 4 is 11.2 Å². The summed E-state index contributed by atoms with van der Waals surface area (Å²) < 4.78 is 17.2. The van der Waals surface area contributed by atoms with Crippen LogP contribution in [0.25, 0.3) is 0 Å². The molecule has 1 rings (SSSR count). The Kier molecular flexibility index (Phi) is 5.24. The van der Waals surface area contributed by atoms with E-state index in [4.69, 9.17) is 11.2 Å². The van der Waals surface area contributed by atoms with Gasteiger partial charge in [0, 0.05) is 11.6 Å². The summed E-state index contributed by atoms with van der Waals surface area (Å²) >= 11 is -0.942. The van der Waals surface area contributed by atoms with Crippen LogP contribution >= 0.6 is 0 Å². The molecule has 0 radical (unpaired) electrons. The number of hydrogen-bond acceptors (Lipinski definition) is 2. The van der Waals surface area contributed by atoms with E-state index < -0.39 is 11.2 Å². The van der Waals surface area contributed by atoms with Crippen molar-refractivity contribution in [3.63, 3.8) is 0 Å². The molecule has 0 heterocycles. The van der Waals surface area contributed by atoms with Crippen LogP contribution in [0.5, 0.6) is 5.75 Å². The number of rotatable bonds is 5. The van der Waals surface area contributed by atoms with Crippen LogP contribution in [-0.2, 0) is 11.2 Å². The summed E-state index contributed by atoms with van der Waals surface area (Å²) in [6.07, 6.45) is 6.02. The van der Waals surface area contributed by atoms with Crippen LogP contribution in [0.3, 0.4) is 0 Å². The second kappa shape index (κ2) is 6.47. The van der Waals surface area contributed by atoms with Crippen LogP contribution in [-0.4, -0.2) is 16.9 Å². The van der Waals surface area contributed by atoms with Gasteiger partial charge in [-0.25, -0.2) is 0 Å². The highest BCUT2D eigenvalue weighted by Gasteiger charge is 2.14. The smallest absolute Gasteiger partial charge is 0.159 e. The minimum absolute atomic E-state index is 0.239. The van der Waals surface area contributed by atoms with Crippen LogP contribution in [0.4, 0.5) is 0 Å². The third kappa shape index (κ3) is 3.48. The lowest BCUT2D eigenvalue weighted by Gasteiger charge is -2.13. The number of hydrogen-bond donors (Lipinski definition) is 0. The van der Waals surface area contributed by atoms with Gasteiger partial charge in [-0.05, 0) is 30.6 Å². The molecule has 1 aromatic carbocycles. The standard InChI is InChI=1S/C13H16O2S/c1-4-8-15-12-7-6-11(3)13(10-12)16(14)9-5-2/h1,6-7,10H,5,8-9H2,2-3H3. The Bertz CT molecular complexity index is 382. The van der Waals surface area contributed by atoms with Crippen molar-refractivity contribution in [3.05, 3.63) is 23.8 Å². The molecular formula is C13H16O2S. The van der Waals surface area contributed by atoms with Crippen molar-refractivity contribution in [2.45, 2.75) is 25.2 Å². The van der Waals surface area contributed by atoms with Crippen LogP contribution in [0.15, 0.2) is 23.1 Å². The highest BCUT2D eigenvalue weighted by atomic mass is 32.2. The van der Waals surface area contributed by atoms with Crippen molar-refractivity contribution in [2.75, 3.05) is 12.4 Å². The minimum Gasteiger partial charge on any atom is -0.611 e. The summed E-state index contributed by atoms with van der Waals surface area (Å²) in [6.45, 7) is 4.21. The molecule has 0 amide bonds. The largest absolute Gasteiger partial charge is 0.611 e. The Hall–Kier alpha value is -1.11. The van der Waals surface area contributed by atoms with Gasteiger partial charge in [-0.2, -0.15) is 0 Å². The molecule has 0 saturated carbocycles. The van der Waals surface area contributed by atoms with Crippen molar-refractivity contribution < 1.29 is 9.29 Å². The number of aryl methyl sites for hydroxylation is 1. The molecule has 1 unspecified atom stereocenters. The maximum atomic E-state index is 11.9. The zero-order chi connectivity index (χ0) is 12.0. The van der Waals surface area contributed by atoms with E-state index in [0.29, 0.717) is 11.5 Å². The SMILES string of the molecule is C#CCOc1ccc(C)c([S+]([O-])CCC)c1. The second-order valence-corrected chi connectivity index (χ2v) is 5.01. The van der Waals surface area contributed by atoms with E-state index in [-0.39, 0.29) is 6.61 Å².